The summed E-state index contributed by atoms with van der Waals surface area (Å²) in [4.78, 5) is 6.98. The Bertz CT molecular complexity index is 331. The van der Waals surface area contributed by atoms with E-state index in [1.54, 1.807) is 0 Å². The molecule has 1 aliphatic heterocycles. The van der Waals surface area contributed by atoms with E-state index < -0.39 is 0 Å². The maximum absolute atomic E-state index is 4.45. The van der Waals surface area contributed by atoms with Gasteiger partial charge in [-0.15, -0.1) is 0 Å². The van der Waals surface area contributed by atoms with E-state index in [9.17, 15) is 0 Å². The second kappa shape index (κ2) is 4.66. The maximum Gasteiger partial charge on any atom is 0.111 e. The highest BCUT2D eigenvalue weighted by atomic mass is 79.9. The number of halogens is 1. The minimum absolute atomic E-state index is 0.682. The van der Waals surface area contributed by atoms with Crippen LogP contribution in [0.25, 0.3) is 0 Å². The minimum atomic E-state index is 0.682. The summed E-state index contributed by atoms with van der Waals surface area (Å²) in [6, 6.07) is 0.682. The number of likely N-dealkylation sites (N-methyl/N-ethyl adjacent to an activating group) is 1. The molecule has 4 heteroatoms. The van der Waals surface area contributed by atoms with Crippen LogP contribution in [0.2, 0.25) is 0 Å². The molecule has 0 spiro atoms. The van der Waals surface area contributed by atoms with Gasteiger partial charge in [0.25, 0.3) is 0 Å². The molecule has 1 unspecified atom stereocenters. The number of hydrogen-bond donors (Lipinski definition) is 0. The van der Waals surface area contributed by atoms with Crippen molar-refractivity contribution in [3.63, 3.8) is 0 Å². The van der Waals surface area contributed by atoms with E-state index in [4.69, 9.17) is 0 Å². The zero-order valence-corrected chi connectivity index (χ0v) is 11.0. The Morgan fingerprint density at radius 1 is 1.53 bits per heavy atom. The smallest absolute Gasteiger partial charge is 0.111 e. The van der Waals surface area contributed by atoms with E-state index in [1.807, 2.05) is 6.20 Å². The van der Waals surface area contributed by atoms with Gasteiger partial charge in [-0.1, -0.05) is 13.8 Å². The molecule has 15 heavy (non-hydrogen) atoms. The summed E-state index contributed by atoms with van der Waals surface area (Å²) in [6.45, 7) is 7.85. The van der Waals surface area contributed by atoms with E-state index in [-0.39, 0.29) is 0 Å². The molecule has 0 N–H and O–H groups in total. The van der Waals surface area contributed by atoms with E-state index >= 15 is 0 Å². The van der Waals surface area contributed by atoms with E-state index in [2.05, 4.69) is 44.2 Å². The van der Waals surface area contributed by atoms with Crippen molar-refractivity contribution in [3.05, 3.63) is 16.6 Å². The van der Waals surface area contributed by atoms with Gasteiger partial charge in [0.15, 0.2) is 0 Å². The number of aromatic nitrogens is 2. The van der Waals surface area contributed by atoms with Crippen molar-refractivity contribution in [1.82, 2.24) is 14.5 Å². The van der Waals surface area contributed by atoms with Gasteiger partial charge in [-0.3, -0.25) is 0 Å². The largest absolute Gasteiger partial charge is 0.323 e. The van der Waals surface area contributed by atoms with Gasteiger partial charge in [0.1, 0.15) is 10.4 Å². The molecule has 0 saturated heterocycles. The highest BCUT2D eigenvalue weighted by Gasteiger charge is 2.24. The van der Waals surface area contributed by atoms with E-state index in [0.717, 1.165) is 30.7 Å². The molecule has 1 aromatic rings. The van der Waals surface area contributed by atoms with Gasteiger partial charge in [-0.25, -0.2) is 4.98 Å². The molecule has 0 fully saturated rings. The monoisotopic (exact) mass is 271 g/mol. The SMILES string of the molecule is CCN(CC)C1CCn2c(Br)cnc2C1. The van der Waals surface area contributed by atoms with Gasteiger partial charge in [0.2, 0.25) is 0 Å². The highest BCUT2D eigenvalue weighted by molar-refractivity contribution is 9.10. The molecule has 0 bridgehead atoms. The van der Waals surface area contributed by atoms with Crippen LogP contribution in [-0.4, -0.2) is 33.6 Å². The standard InChI is InChI=1S/C11H18BrN3/c1-3-14(4-2)9-5-6-15-10(12)8-13-11(15)7-9/h8-9H,3-7H2,1-2H3. The molecule has 0 saturated carbocycles. The Balaban J connectivity index is 2.11. The first-order valence-corrected chi connectivity index (χ1v) is 6.49. The lowest BCUT2D eigenvalue weighted by molar-refractivity contribution is 0.182. The van der Waals surface area contributed by atoms with Crippen LogP contribution in [0.4, 0.5) is 0 Å². The first kappa shape index (κ1) is 11.1. The normalized spacial score (nSPS) is 20.7. The summed E-state index contributed by atoms with van der Waals surface area (Å²) >= 11 is 3.53. The fourth-order valence-corrected chi connectivity index (χ4v) is 2.92. The molecule has 0 amide bonds. The Hall–Kier alpha value is -0.350. The molecule has 2 heterocycles. The van der Waals surface area contributed by atoms with Crippen molar-refractivity contribution in [1.29, 1.82) is 0 Å². The first-order valence-electron chi connectivity index (χ1n) is 5.70. The average molecular weight is 272 g/mol. The van der Waals surface area contributed by atoms with Crippen LogP contribution >= 0.6 is 15.9 Å². The fourth-order valence-electron chi connectivity index (χ4n) is 2.43. The van der Waals surface area contributed by atoms with Gasteiger partial charge in [-0.05, 0) is 35.4 Å². The van der Waals surface area contributed by atoms with Gasteiger partial charge in [-0.2, -0.15) is 0 Å². The molecule has 1 aliphatic rings. The molecule has 0 aromatic carbocycles. The van der Waals surface area contributed by atoms with Crippen LogP contribution in [0.3, 0.4) is 0 Å². The van der Waals surface area contributed by atoms with Crippen LogP contribution in [-0.2, 0) is 13.0 Å². The summed E-state index contributed by atoms with van der Waals surface area (Å²) in [5.41, 5.74) is 0. The molecular formula is C11H18BrN3. The third-order valence-corrected chi connectivity index (χ3v) is 3.96. The third kappa shape index (κ3) is 2.11. The van der Waals surface area contributed by atoms with Gasteiger partial charge < -0.3 is 9.47 Å². The molecule has 3 nitrogen and oxygen atoms in total. The van der Waals surface area contributed by atoms with Crippen LogP contribution in [0.15, 0.2) is 10.8 Å². The van der Waals surface area contributed by atoms with Crippen molar-refractivity contribution in [2.24, 2.45) is 0 Å². The van der Waals surface area contributed by atoms with Crippen LogP contribution in [0.5, 0.6) is 0 Å². The second-order valence-corrected chi connectivity index (χ2v) is 4.83. The number of imidazole rings is 1. The van der Waals surface area contributed by atoms with Crippen molar-refractivity contribution in [2.75, 3.05) is 13.1 Å². The molecule has 0 radical (unpaired) electrons. The van der Waals surface area contributed by atoms with Crippen molar-refractivity contribution in [3.8, 4) is 0 Å². The summed E-state index contributed by atoms with van der Waals surface area (Å²) in [5, 5.41) is 0. The van der Waals surface area contributed by atoms with Gasteiger partial charge in [0, 0.05) is 19.0 Å². The third-order valence-electron chi connectivity index (χ3n) is 3.32. The molecule has 84 valence electrons. The molecule has 1 aromatic heterocycles. The zero-order chi connectivity index (χ0) is 10.8. The van der Waals surface area contributed by atoms with Crippen LogP contribution < -0.4 is 0 Å². The van der Waals surface area contributed by atoms with Gasteiger partial charge in [0.05, 0.1) is 6.20 Å². The fraction of sp³-hybridized carbons (Fsp3) is 0.727. The van der Waals surface area contributed by atoms with Crippen molar-refractivity contribution < 1.29 is 0 Å². The van der Waals surface area contributed by atoms with E-state index in [0.29, 0.717) is 6.04 Å². The van der Waals surface area contributed by atoms with Crippen LogP contribution in [0, 0.1) is 0 Å². The molecule has 2 rings (SSSR count). The predicted molar refractivity (Wildman–Crippen MR) is 65.0 cm³/mol. The summed E-state index contributed by atoms with van der Waals surface area (Å²) in [7, 11) is 0. The van der Waals surface area contributed by atoms with E-state index in [1.165, 1.54) is 12.2 Å². The Kier molecular flexibility index (Phi) is 3.46. The van der Waals surface area contributed by atoms with Crippen molar-refractivity contribution >= 4 is 15.9 Å². The summed E-state index contributed by atoms with van der Waals surface area (Å²) < 4.78 is 3.40. The number of fused-ring (bicyclic) bond motifs is 1. The lowest BCUT2D eigenvalue weighted by Gasteiger charge is -2.33. The van der Waals surface area contributed by atoms with Crippen LogP contribution in [0.1, 0.15) is 26.1 Å². The number of rotatable bonds is 3. The highest BCUT2D eigenvalue weighted by Crippen LogP contribution is 2.22. The van der Waals surface area contributed by atoms with Gasteiger partial charge >= 0.3 is 0 Å². The topological polar surface area (TPSA) is 21.1 Å². The van der Waals surface area contributed by atoms with Crippen molar-refractivity contribution in [2.45, 2.75) is 39.3 Å². The lowest BCUT2D eigenvalue weighted by atomic mass is 10.0. The quantitative estimate of drug-likeness (QED) is 0.842. The summed E-state index contributed by atoms with van der Waals surface area (Å²) in [6.07, 6.45) is 4.25. The Labute approximate surface area is 99.6 Å². The maximum atomic E-state index is 4.45. The minimum Gasteiger partial charge on any atom is -0.323 e. The average Bonchev–Trinajstić information content (AvgIpc) is 2.62. The number of hydrogen-bond acceptors (Lipinski definition) is 2. The second-order valence-electron chi connectivity index (χ2n) is 4.02. The first-order chi connectivity index (χ1) is 7.26. The summed E-state index contributed by atoms with van der Waals surface area (Å²) in [5.74, 6) is 1.23. The Morgan fingerprint density at radius 3 is 2.93 bits per heavy atom. The molecular weight excluding hydrogens is 254 g/mol. The Morgan fingerprint density at radius 2 is 2.27 bits per heavy atom. The molecule has 0 aliphatic carbocycles. The molecule has 1 atom stereocenters. The lowest BCUT2D eigenvalue weighted by Crippen LogP contribution is -2.40. The predicted octanol–water partition coefficient (Wildman–Crippen LogP) is 2.30. The zero-order valence-electron chi connectivity index (χ0n) is 9.41. The number of nitrogens with zero attached hydrogens (tertiary/aromatic N) is 3.